The second-order valence-electron chi connectivity index (χ2n) is 10.9. The van der Waals surface area contributed by atoms with Gasteiger partial charge in [-0.05, 0) is 47.5 Å². The summed E-state index contributed by atoms with van der Waals surface area (Å²) >= 11 is 0. The summed E-state index contributed by atoms with van der Waals surface area (Å²) in [5.74, 6) is 1.38. The van der Waals surface area contributed by atoms with Gasteiger partial charge in [0, 0.05) is 13.5 Å². The first-order chi connectivity index (χ1) is 22.0. The van der Waals surface area contributed by atoms with Crippen LogP contribution in [0.5, 0.6) is 17.2 Å². The standard InChI is InChI=1S/C36H34N4O5/c1-39-31-24-40(30(22-25-12-5-2-6-13-25)34(41)37-20-21-44-27-15-7-3-8-16-27)35(42)32(31)33(38-36(39)43)26-14-11-19-29(23-26)45-28-17-9-4-10-18-28/h2-19,23,30,33H,20-22,24H2,1H3,(H,37,41)(H,38,43)/t30-,33-/m1/s1. The molecule has 0 aromatic heterocycles. The van der Waals surface area contributed by atoms with E-state index >= 15 is 0 Å². The van der Waals surface area contributed by atoms with Gasteiger partial charge in [-0.1, -0.05) is 78.9 Å². The fraction of sp³-hybridized carbons (Fsp3) is 0.194. The maximum absolute atomic E-state index is 14.3. The molecule has 9 nitrogen and oxygen atoms in total. The van der Waals surface area contributed by atoms with Crippen LogP contribution in [0.15, 0.2) is 127 Å². The van der Waals surface area contributed by atoms with Crippen LogP contribution in [0.25, 0.3) is 0 Å². The van der Waals surface area contributed by atoms with E-state index in [-0.39, 0.29) is 37.5 Å². The van der Waals surface area contributed by atoms with Crippen molar-refractivity contribution in [2.75, 3.05) is 26.7 Å². The third-order valence-corrected chi connectivity index (χ3v) is 7.92. The van der Waals surface area contributed by atoms with Gasteiger partial charge in [0.1, 0.15) is 29.9 Å². The predicted molar refractivity (Wildman–Crippen MR) is 170 cm³/mol. The van der Waals surface area contributed by atoms with Crippen LogP contribution >= 0.6 is 0 Å². The summed E-state index contributed by atoms with van der Waals surface area (Å²) in [5, 5.41) is 5.94. The van der Waals surface area contributed by atoms with E-state index in [0.29, 0.717) is 40.5 Å². The third kappa shape index (κ3) is 6.67. The number of urea groups is 1. The van der Waals surface area contributed by atoms with Crippen molar-refractivity contribution in [3.05, 3.63) is 138 Å². The first kappa shape index (κ1) is 29.5. The first-order valence-corrected chi connectivity index (χ1v) is 14.9. The zero-order chi connectivity index (χ0) is 31.2. The third-order valence-electron chi connectivity index (χ3n) is 7.92. The van der Waals surface area contributed by atoms with Gasteiger partial charge < -0.3 is 25.0 Å². The molecule has 0 unspecified atom stereocenters. The molecule has 2 aliphatic heterocycles. The number of benzene rings is 4. The van der Waals surface area contributed by atoms with Crippen LogP contribution in [-0.4, -0.2) is 60.4 Å². The Kier molecular flexibility index (Phi) is 8.77. The number of amides is 4. The van der Waals surface area contributed by atoms with Crippen LogP contribution in [0.2, 0.25) is 0 Å². The van der Waals surface area contributed by atoms with Gasteiger partial charge in [0.05, 0.1) is 30.4 Å². The van der Waals surface area contributed by atoms with Gasteiger partial charge in [-0.25, -0.2) is 4.79 Å². The van der Waals surface area contributed by atoms with Crippen LogP contribution in [0.4, 0.5) is 4.79 Å². The molecule has 6 rings (SSSR count). The van der Waals surface area contributed by atoms with Crippen molar-refractivity contribution in [3.8, 4) is 17.2 Å². The second-order valence-corrected chi connectivity index (χ2v) is 10.9. The molecule has 2 N–H and O–H groups in total. The van der Waals surface area contributed by atoms with E-state index in [2.05, 4.69) is 10.6 Å². The number of carbonyl (C=O) groups excluding carboxylic acids is 3. The average molecular weight is 603 g/mol. The minimum atomic E-state index is -0.806. The fourth-order valence-electron chi connectivity index (χ4n) is 5.63. The van der Waals surface area contributed by atoms with Crippen molar-refractivity contribution in [1.82, 2.24) is 20.4 Å². The van der Waals surface area contributed by atoms with Crippen LogP contribution in [0.3, 0.4) is 0 Å². The molecule has 0 bridgehead atoms. The second kappa shape index (κ2) is 13.4. The largest absolute Gasteiger partial charge is 0.492 e. The van der Waals surface area contributed by atoms with E-state index in [1.54, 1.807) is 11.9 Å². The molecule has 4 amide bonds. The van der Waals surface area contributed by atoms with E-state index in [4.69, 9.17) is 9.47 Å². The molecule has 4 aromatic rings. The topological polar surface area (TPSA) is 100 Å². The zero-order valence-corrected chi connectivity index (χ0v) is 24.9. The quantitative estimate of drug-likeness (QED) is 0.234. The maximum Gasteiger partial charge on any atom is 0.322 e. The molecule has 9 heteroatoms. The van der Waals surface area contributed by atoms with E-state index in [1.807, 2.05) is 115 Å². The van der Waals surface area contributed by atoms with Crippen LogP contribution in [0.1, 0.15) is 17.2 Å². The number of nitrogens with zero attached hydrogens (tertiary/aromatic N) is 2. The lowest BCUT2D eigenvalue weighted by atomic mass is 9.95. The Hall–Kier alpha value is -5.57. The van der Waals surface area contributed by atoms with Gasteiger partial charge in [-0.2, -0.15) is 0 Å². The lowest BCUT2D eigenvalue weighted by molar-refractivity contribution is -0.136. The number of nitrogens with one attached hydrogen (secondary N) is 2. The molecule has 0 fully saturated rings. The number of rotatable bonds is 11. The highest BCUT2D eigenvalue weighted by atomic mass is 16.5. The Balaban J connectivity index is 1.24. The van der Waals surface area contributed by atoms with Crippen LogP contribution in [-0.2, 0) is 16.0 Å². The molecule has 2 aliphatic rings. The number of para-hydroxylation sites is 2. The average Bonchev–Trinajstić information content (AvgIpc) is 3.41. The van der Waals surface area contributed by atoms with E-state index < -0.39 is 12.1 Å². The summed E-state index contributed by atoms with van der Waals surface area (Å²) in [6, 6.07) is 33.9. The molecule has 0 spiro atoms. The monoisotopic (exact) mass is 602 g/mol. The van der Waals surface area contributed by atoms with Gasteiger partial charge in [-0.15, -0.1) is 0 Å². The molecule has 2 atom stereocenters. The number of ether oxygens (including phenoxy) is 2. The van der Waals surface area contributed by atoms with E-state index in [9.17, 15) is 14.4 Å². The molecule has 0 saturated carbocycles. The highest BCUT2D eigenvalue weighted by molar-refractivity contribution is 6.03. The summed E-state index contributed by atoms with van der Waals surface area (Å²) in [6.07, 6.45) is 0.314. The van der Waals surface area contributed by atoms with Crippen molar-refractivity contribution in [2.24, 2.45) is 0 Å². The number of hydrogen-bond acceptors (Lipinski definition) is 5. The molecule has 45 heavy (non-hydrogen) atoms. The van der Waals surface area contributed by atoms with Gasteiger partial charge in [0.15, 0.2) is 0 Å². The Morgan fingerprint density at radius 3 is 2.22 bits per heavy atom. The summed E-state index contributed by atoms with van der Waals surface area (Å²) in [6.45, 7) is 0.673. The summed E-state index contributed by atoms with van der Waals surface area (Å²) in [5.41, 5.74) is 2.63. The normalized spacial score (nSPS) is 16.6. The summed E-state index contributed by atoms with van der Waals surface area (Å²) in [7, 11) is 1.64. The predicted octanol–water partition coefficient (Wildman–Crippen LogP) is 5.08. The first-order valence-electron chi connectivity index (χ1n) is 14.9. The Morgan fingerprint density at radius 1 is 0.867 bits per heavy atom. The zero-order valence-electron chi connectivity index (χ0n) is 24.9. The van der Waals surface area contributed by atoms with Crippen molar-refractivity contribution in [1.29, 1.82) is 0 Å². The van der Waals surface area contributed by atoms with Gasteiger partial charge >= 0.3 is 6.03 Å². The molecule has 0 saturated heterocycles. The minimum absolute atomic E-state index is 0.125. The molecule has 4 aromatic carbocycles. The van der Waals surface area contributed by atoms with Crippen molar-refractivity contribution in [3.63, 3.8) is 0 Å². The van der Waals surface area contributed by atoms with E-state index in [1.165, 1.54) is 4.90 Å². The Labute approximate surface area is 262 Å². The molecular formula is C36H34N4O5. The minimum Gasteiger partial charge on any atom is -0.492 e. The molecule has 2 heterocycles. The molecule has 0 aliphatic carbocycles. The molecular weight excluding hydrogens is 568 g/mol. The smallest absolute Gasteiger partial charge is 0.322 e. The summed E-state index contributed by atoms with van der Waals surface area (Å²) in [4.78, 5) is 44.1. The van der Waals surface area contributed by atoms with Crippen molar-refractivity contribution >= 4 is 17.8 Å². The summed E-state index contributed by atoms with van der Waals surface area (Å²) < 4.78 is 11.8. The van der Waals surface area contributed by atoms with Crippen LogP contribution < -0.4 is 20.1 Å². The van der Waals surface area contributed by atoms with Crippen LogP contribution in [0, 0.1) is 0 Å². The van der Waals surface area contributed by atoms with E-state index in [0.717, 1.165) is 5.56 Å². The number of carbonyl (C=O) groups is 3. The number of hydrogen-bond donors (Lipinski definition) is 2. The maximum atomic E-state index is 14.3. The fourth-order valence-corrected chi connectivity index (χ4v) is 5.63. The van der Waals surface area contributed by atoms with Gasteiger partial charge in [0.2, 0.25) is 5.91 Å². The highest BCUT2D eigenvalue weighted by Crippen LogP contribution is 2.38. The van der Waals surface area contributed by atoms with Crippen molar-refractivity contribution < 1.29 is 23.9 Å². The Bertz CT molecular complexity index is 1690. The highest BCUT2D eigenvalue weighted by Gasteiger charge is 2.46. The van der Waals surface area contributed by atoms with Gasteiger partial charge in [0.25, 0.3) is 5.91 Å². The molecule has 0 radical (unpaired) electrons. The lowest BCUT2D eigenvalue weighted by Crippen LogP contribution is -2.50. The molecule has 228 valence electrons. The SMILES string of the molecule is CN1C(=O)N[C@H](c2cccc(Oc3ccccc3)c2)C2=C1CN([C@H](Cc1ccccc1)C(=O)NCCOc1ccccc1)C2=O. The van der Waals surface area contributed by atoms with Crippen molar-refractivity contribution in [2.45, 2.75) is 18.5 Å². The number of likely N-dealkylation sites (N-methyl/N-ethyl adjacent to an activating group) is 1. The lowest BCUT2D eigenvalue weighted by Gasteiger charge is -2.31. The van der Waals surface area contributed by atoms with Gasteiger partial charge in [-0.3, -0.25) is 14.5 Å². The Morgan fingerprint density at radius 2 is 1.51 bits per heavy atom.